The molecule has 0 spiro atoms. The molecule has 140 valence electrons. The molecular weight excluding hydrogens is 398 g/mol. The minimum absolute atomic E-state index is 0.0759. The van der Waals surface area contributed by atoms with Crippen LogP contribution in [0, 0.1) is 0 Å². The normalized spacial score (nSPS) is 15.2. The molecule has 1 aromatic carbocycles. The first kappa shape index (κ1) is 18.7. The van der Waals surface area contributed by atoms with Gasteiger partial charge in [0.05, 0.1) is 10.6 Å². The van der Waals surface area contributed by atoms with Crippen LogP contribution in [0.5, 0.6) is 0 Å². The Hall–Kier alpha value is -1.63. The predicted molar refractivity (Wildman–Crippen MR) is 114 cm³/mol. The van der Waals surface area contributed by atoms with Gasteiger partial charge in [-0.15, -0.1) is 11.3 Å². The van der Waals surface area contributed by atoms with Crippen molar-refractivity contribution in [2.45, 2.75) is 49.4 Å². The monoisotopic (exact) mass is 417 g/mol. The summed E-state index contributed by atoms with van der Waals surface area (Å²) in [6.45, 7) is 1.86. The Kier molecular flexibility index (Phi) is 5.66. The number of rotatable bonds is 4. The standard InChI is InChI=1S/C20H20ClN3OS2/c1-12(18(25)22-13-8-4-2-5-9-13)26-20-23-17(21)16-14-10-6-3-7-11-15(14)27-19(16)24-20/h2,4-5,8-9,12H,3,6-7,10-11H2,1H3,(H,22,25). The van der Waals surface area contributed by atoms with E-state index in [0.29, 0.717) is 10.3 Å². The van der Waals surface area contributed by atoms with Crippen LogP contribution in [0.4, 0.5) is 5.69 Å². The summed E-state index contributed by atoms with van der Waals surface area (Å²) < 4.78 is 0. The molecule has 1 unspecified atom stereocenters. The van der Waals surface area contributed by atoms with Crippen molar-refractivity contribution in [3.8, 4) is 0 Å². The van der Waals surface area contributed by atoms with Crippen LogP contribution in [0.15, 0.2) is 35.5 Å². The number of carbonyl (C=O) groups excluding carboxylic acids is 1. The Morgan fingerprint density at radius 3 is 2.78 bits per heavy atom. The molecule has 1 atom stereocenters. The maximum atomic E-state index is 12.4. The van der Waals surface area contributed by atoms with Gasteiger partial charge in [-0.1, -0.05) is 48.0 Å². The van der Waals surface area contributed by atoms with E-state index in [4.69, 9.17) is 16.6 Å². The fourth-order valence-electron chi connectivity index (χ4n) is 3.30. The second kappa shape index (κ2) is 8.17. The lowest BCUT2D eigenvalue weighted by Crippen LogP contribution is -2.22. The van der Waals surface area contributed by atoms with Gasteiger partial charge in [0, 0.05) is 10.6 Å². The summed E-state index contributed by atoms with van der Waals surface area (Å²) in [6.07, 6.45) is 5.85. The molecule has 0 radical (unpaired) electrons. The number of hydrogen-bond donors (Lipinski definition) is 1. The molecule has 0 saturated heterocycles. The minimum atomic E-state index is -0.323. The second-order valence-corrected chi connectivity index (χ2v) is 9.41. The van der Waals surface area contributed by atoms with E-state index in [-0.39, 0.29) is 11.2 Å². The molecule has 3 aromatic rings. The maximum absolute atomic E-state index is 12.4. The van der Waals surface area contributed by atoms with Crippen molar-refractivity contribution >= 4 is 56.5 Å². The molecule has 7 heteroatoms. The first-order valence-electron chi connectivity index (χ1n) is 9.12. The molecule has 2 heterocycles. The molecule has 1 N–H and O–H groups in total. The van der Waals surface area contributed by atoms with Gasteiger partial charge in [-0.25, -0.2) is 9.97 Å². The van der Waals surface area contributed by atoms with Crippen molar-refractivity contribution in [3.63, 3.8) is 0 Å². The van der Waals surface area contributed by atoms with Gasteiger partial charge in [-0.2, -0.15) is 0 Å². The molecule has 0 fully saturated rings. The highest BCUT2D eigenvalue weighted by Crippen LogP contribution is 2.39. The zero-order valence-corrected chi connectivity index (χ0v) is 17.4. The van der Waals surface area contributed by atoms with Crippen LogP contribution >= 0.6 is 34.7 Å². The zero-order valence-electron chi connectivity index (χ0n) is 15.0. The number of halogens is 1. The van der Waals surface area contributed by atoms with Crippen molar-refractivity contribution in [1.29, 1.82) is 0 Å². The average molecular weight is 418 g/mol. The first-order valence-corrected chi connectivity index (χ1v) is 11.2. The number of thiophene rings is 1. The summed E-state index contributed by atoms with van der Waals surface area (Å²) in [5, 5.41) is 4.68. The van der Waals surface area contributed by atoms with Gasteiger partial charge in [-0.05, 0) is 50.3 Å². The average Bonchev–Trinajstić information content (AvgIpc) is 2.84. The summed E-state index contributed by atoms with van der Waals surface area (Å²) >= 11 is 9.60. The number of benzene rings is 1. The number of nitrogens with one attached hydrogen (secondary N) is 1. The number of amides is 1. The number of anilines is 1. The number of para-hydroxylation sites is 1. The third-order valence-corrected chi connectivity index (χ3v) is 7.11. The lowest BCUT2D eigenvalue weighted by Gasteiger charge is -2.11. The third kappa shape index (κ3) is 4.13. The third-order valence-electron chi connectivity index (χ3n) is 4.69. The highest BCUT2D eigenvalue weighted by atomic mass is 35.5. The summed E-state index contributed by atoms with van der Waals surface area (Å²) in [4.78, 5) is 24.0. The molecule has 0 aliphatic heterocycles. The molecule has 4 rings (SSSR count). The topological polar surface area (TPSA) is 54.9 Å². The van der Waals surface area contributed by atoms with Gasteiger partial charge >= 0.3 is 0 Å². The number of aromatic nitrogens is 2. The van der Waals surface area contributed by atoms with Crippen LogP contribution < -0.4 is 5.32 Å². The number of hydrogen-bond acceptors (Lipinski definition) is 5. The number of aryl methyl sites for hydroxylation is 2. The zero-order chi connectivity index (χ0) is 18.8. The van der Waals surface area contributed by atoms with E-state index >= 15 is 0 Å². The largest absolute Gasteiger partial charge is 0.325 e. The molecule has 1 amide bonds. The first-order chi connectivity index (χ1) is 13.1. The van der Waals surface area contributed by atoms with E-state index < -0.39 is 0 Å². The van der Waals surface area contributed by atoms with Crippen LogP contribution in [0.1, 0.15) is 36.6 Å². The SMILES string of the molecule is CC(Sc1nc(Cl)c2c3c(sc2n1)CCCCC3)C(=O)Nc1ccccc1. The van der Waals surface area contributed by atoms with Crippen LogP contribution in [-0.2, 0) is 17.6 Å². The Morgan fingerprint density at radius 1 is 1.19 bits per heavy atom. The number of nitrogens with zero attached hydrogens (tertiary/aromatic N) is 2. The van der Waals surface area contributed by atoms with Crippen molar-refractivity contribution in [2.24, 2.45) is 0 Å². The summed E-state index contributed by atoms with van der Waals surface area (Å²) in [7, 11) is 0. The van der Waals surface area contributed by atoms with Gasteiger partial charge in [0.15, 0.2) is 5.16 Å². The van der Waals surface area contributed by atoms with E-state index in [0.717, 1.165) is 28.7 Å². The van der Waals surface area contributed by atoms with E-state index in [9.17, 15) is 4.79 Å². The minimum Gasteiger partial charge on any atom is -0.325 e. The molecule has 2 aromatic heterocycles. The van der Waals surface area contributed by atoms with E-state index in [1.165, 1.54) is 41.5 Å². The Bertz CT molecular complexity index is 974. The Labute approximate surface area is 171 Å². The van der Waals surface area contributed by atoms with Crippen molar-refractivity contribution in [3.05, 3.63) is 45.9 Å². The van der Waals surface area contributed by atoms with E-state index in [2.05, 4.69) is 10.3 Å². The number of fused-ring (bicyclic) bond motifs is 3. The van der Waals surface area contributed by atoms with Gasteiger partial charge in [0.25, 0.3) is 0 Å². The molecule has 1 aliphatic rings. The molecule has 4 nitrogen and oxygen atoms in total. The molecule has 0 saturated carbocycles. The highest BCUT2D eigenvalue weighted by molar-refractivity contribution is 8.00. The summed E-state index contributed by atoms with van der Waals surface area (Å²) in [5.41, 5.74) is 2.12. The van der Waals surface area contributed by atoms with Crippen LogP contribution in [0.3, 0.4) is 0 Å². The Morgan fingerprint density at radius 2 is 1.96 bits per heavy atom. The second-order valence-electron chi connectivity index (χ2n) is 6.66. The van der Waals surface area contributed by atoms with Crippen LogP contribution in [0.2, 0.25) is 5.15 Å². The van der Waals surface area contributed by atoms with Gasteiger partial charge in [0.2, 0.25) is 5.91 Å². The maximum Gasteiger partial charge on any atom is 0.237 e. The lowest BCUT2D eigenvalue weighted by molar-refractivity contribution is -0.115. The van der Waals surface area contributed by atoms with Crippen molar-refractivity contribution in [1.82, 2.24) is 9.97 Å². The lowest BCUT2D eigenvalue weighted by atomic mass is 10.1. The molecule has 1 aliphatic carbocycles. The smallest absolute Gasteiger partial charge is 0.237 e. The van der Waals surface area contributed by atoms with Crippen molar-refractivity contribution in [2.75, 3.05) is 5.32 Å². The fourth-order valence-corrected chi connectivity index (χ4v) is 5.78. The van der Waals surface area contributed by atoms with E-state index in [1.54, 1.807) is 11.3 Å². The predicted octanol–water partition coefficient (Wildman–Crippen LogP) is 5.73. The van der Waals surface area contributed by atoms with Crippen LogP contribution in [-0.4, -0.2) is 21.1 Å². The van der Waals surface area contributed by atoms with Gasteiger partial charge < -0.3 is 5.32 Å². The number of carbonyl (C=O) groups is 1. The van der Waals surface area contributed by atoms with Crippen molar-refractivity contribution < 1.29 is 4.79 Å². The quantitative estimate of drug-likeness (QED) is 0.255. The fraction of sp³-hybridized carbons (Fsp3) is 0.350. The van der Waals surface area contributed by atoms with Gasteiger partial charge in [0.1, 0.15) is 9.98 Å². The summed E-state index contributed by atoms with van der Waals surface area (Å²) in [5.74, 6) is -0.0759. The Balaban J connectivity index is 1.54. The molecule has 0 bridgehead atoms. The van der Waals surface area contributed by atoms with E-state index in [1.807, 2.05) is 37.3 Å². The van der Waals surface area contributed by atoms with Gasteiger partial charge in [-0.3, -0.25) is 4.79 Å². The highest BCUT2D eigenvalue weighted by Gasteiger charge is 2.22. The molecular formula is C20H20ClN3OS2. The van der Waals surface area contributed by atoms with Crippen LogP contribution in [0.25, 0.3) is 10.2 Å². The summed E-state index contributed by atoms with van der Waals surface area (Å²) in [6, 6.07) is 9.44. The number of thioether (sulfide) groups is 1. The molecule has 27 heavy (non-hydrogen) atoms.